The van der Waals surface area contributed by atoms with Crippen molar-refractivity contribution >= 4 is 5.78 Å². The van der Waals surface area contributed by atoms with Crippen LogP contribution in [0.2, 0.25) is 0 Å². The predicted octanol–water partition coefficient (Wildman–Crippen LogP) is 3.06. The summed E-state index contributed by atoms with van der Waals surface area (Å²) in [7, 11) is 0. The van der Waals surface area contributed by atoms with E-state index in [9.17, 15) is 9.18 Å². The van der Waals surface area contributed by atoms with Crippen LogP contribution in [0.5, 0.6) is 0 Å². The molecule has 108 valence electrons. The van der Waals surface area contributed by atoms with Crippen molar-refractivity contribution in [3.05, 3.63) is 47.5 Å². The van der Waals surface area contributed by atoms with Gasteiger partial charge in [0.2, 0.25) is 11.6 Å². The van der Waals surface area contributed by atoms with Crippen molar-refractivity contribution < 1.29 is 9.18 Å². The van der Waals surface area contributed by atoms with Crippen molar-refractivity contribution in [1.29, 1.82) is 0 Å². The first kappa shape index (κ1) is 12.7. The van der Waals surface area contributed by atoms with Gasteiger partial charge in [-0.3, -0.25) is 4.79 Å². The Morgan fingerprint density at radius 1 is 1.33 bits per heavy atom. The number of alkyl halides is 1. The van der Waals surface area contributed by atoms with E-state index in [0.29, 0.717) is 12.8 Å². The van der Waals surface area contributed by atoms with Gasteiger partial charge in [-0.15, -0.1) is 5.10 Å². The van der Waals surface area contributed by atoms with E-state index < -0.39 is 11.5 Å². The van der Waals surface area contributed by atoms with Gasteiger partial charge in [0.25, 0.3) is 0 Å². The molecule has 1 aromatic heterocycles. The number of carbonyl (C=O) groups excluding carboxylic acids is 1. The molecule has 1 aliphatic heterocycles. The zero-order chi connectivity index (χ0) is 14.6. The van der Waals surface area contributed by atoms with Gasteiger partial charge in [-0.05, 0) is 24.8 Å². The van der Waals surface area contributed by atoms with Gasteiger partial charge in [-0.2, -0.15) is 0 Å². The number of rotatable bonds is 3. The van der Waals surface area contributed by atoms with E-state index in [-0.39, 0.29) is 17.8 Å². The Morgan fingerprint density at radius 2 is 2.05 bits per heavy atom. The molecule has 0 saturated heterocycles. The molecule has 2 aliphatic rings. The average Bonchev–Trinajstić information content (AvgIpc) is 2.98. The lowest BCUT2D eigenvalue weighted by Crippen LogP contribution is -2.19. The molecule has 21 heavy (non-hydrogen) atoms. The number of halogens is 1. The summed E-state index contributed by atoms with van der Waals surface area (Å²) in [5.74, 6) is 0.497. The maximum atomic E-state index is 13.9. The van der Waals surface area contributed by atoms with E-state index in [1.165, 1.54) is 0 Å². The normalized spacial score (nSPS) is 25.6. The van der Waals surface area contributed by atoms with E-state index in [1.807, 2.05) is 30.3 Å². The van der Waals surface area contributed by atoms with Crippen LogP contribution in [0.15, 0.2) is 30.3 Å². The van der Waals surface area contributed by atoms with Gasteiger partial charge < -0.3 is 0 Å². The molecule has 4 nitrogen and oxygen atoms in total. The predicted molar refractivity (Wildman–Crippen MR) is 75.0 cm³/mol. The molecule has 0 unspecified atom stereocenters. The average molecular weight is 285 g/mol. The van der Waals surface area contributed by atoms with Crippen LogP contribution in [0.1, 0.15) is 60.2 Å². The highest BCUT2D eigenvalue weighted by Crippen LogP contribution is 2.43. The zero-order valence-electron chi connectivity index (χ0n) is 11.8. The number of aromatic nitrogens is 3. The van der Waals surface area contributed by atoms with E-state index in [0.717, 1.165) is 17.8 Å². The molecule has 2 heterocycles. The third-order valence-corrected chi connectivity index (χ3v) is 4.45. The third kappa shape index (κ3) is 1.91. The van der Waals surface area contributed by atoms with Gasteiger partial charge in [-0.1, -0.05) is 37.3 Å². The summed E-state index contributed by atoms with van der Waals surface area (Å²) in [6.45, 7) is 2.07. The zero-order valence-corrected chi connectivity index (χ0v) is 11.8. The number of hydrogen-bond acceptors (Lipinski definition) is 3. The first-order valence-corrected chi connectivity index (χ1v) is 7.33. The lowest BCUT2D eigenvalue weighted by atomic mass is 10.0. The minimum Gasteiger partial charge on any atom is -0.287 e. The number of hydrogen-bond donors (Lipinski definition) is 0. The summed E-state index contributed by atoms with van der Waals surface area (Å²) < 4.78 is 15.7. The second kappa shape index (κ2) is 4.23. The minimum absolute atomic E-state index is 0.0393. The second-order valence-corrected chi connectivity index (χ2v) is 6.10. The molecule has 0 amide bonds. The number of nitrogens with zero attached hydrogens (tertiary/aromatic N) is 3. The summed E-state index contributed by atoms with van der Waals surface area (Å²) in [6, 6.07) is 10.1. The standard InChI is InChI=1S/C16H16FN3O/c1-10-9-12(11-5-3-2-4-6-11)20-15(10)18-14(19-20)13(21)16(17)7-8-16/h2-6,10,12H,7-9H2,1H3/t10-,12-/m0/s1. The van der Waals surface area contributed by atoms with Crippen LogP contribution in [-0.4, -0.2) is 26.2 Å². The molecule has 1 saturated carbocycles. The Balaban J connectivity index is 1.73. The van der Waals surface area contributed by atoms with Crippen LogP contribution in [0, 0.1) is 0 Å². The molecule has 0 spiro atoms. The van der Waals surface area contributed by atoms with Crippen LogP contribution < -0.4 is 0 Å². The van der Waals surface area contributed by atoms with Crippen molar-refractivity contribution in [1.82, 2.24) is 14.8 Å². The van der Waals surface area contributed by atoms with Gasteiger partial charge in [-0.25, -0.2) is 14.1 Å². The van der Waals surface area contributed by atoms with Gasteiger partial charge in [0.05, 0.1) is 6.04 Å². The number of benzene rings is 1. The number of fused-ring (bicyclic) bond motifs is 1. The highest BCUT2D eigenvalue weighted by atomic mass is 19.1. The van der Waals surface area contributed by atoms with Crippen LogP contribution in [0.3, 0.4) is 0 Å². The Labute approximate surface area is 122 Å². The smallest absolute Gasteiger partial charge is 0.238 e. The summed E-state index contributed by atoms with van der Waals surface area (Å²) >= 11 is 0. The summed E-state index contributed by atoms with van der Waals surface area (Å²) in [5, 5.41) is 4.32. The third-order valence-electron chi connectivity index (χ3n) is 4.45. The van der Waals surface area contributed by atoms with E-state index in [4.69, 9.17) is 0 Å². The van der Waals surface area contributed by atoms with E-state index >= 15 is 0 Å². The Hall–Kier alpha value is -2.04. The molecule has 2 atom stereocenters. The van der Waals surface area contributed by atoms with E-state index in [2.05, 4.69) is 17.0 Å². The lowest BCUT2D eigenvalue weighted by Gasteiger charge is -2.11. The molecule has 5 heteroatoms. The van der Waals surface area contributed by atoms with Gasteiger partial charge in [0, 0.05) is 5.92 Å². The first-order chi connectivity index (χ1) is 10.1. The Bertz CT molecular complexity index is 706. The molecule has 0 radical (unpaired) electrons. The highest BCUT2D eigenvalue weighted by molar-refractivity contribution is 6.01. The number of carbonyl (C=O) groups is 1. The lowest BCUT2D eigenvalue weighted by molar-refractivity contribution is 0.0839. The molecular formula is C16H16FN3O. The van der Waals surface area contributed by atoms with Crippen LogP contribution in [0.4, 0.5) is 4.39 Å². The van der Waals surface area contributed by atoms with Gasteiger partial charge >= 0.3 is 0 Å². The fraction of sp³-hybridized carbons (Fsp3) is 0.438. The monoisotopic (exact) mass is 285 g/mol. The molecular weight excluding hydrogens is 269 g/mol. The Morgan fingerprint density at radius 3 is 2.71 bits per heavy atom. The van der Waals surface area contributed by atoms with Crippen molar-refractivity contribution in [2.75, 3.05) is 0 Å². The van der Waals surface area contributed by atoms with Gasteiger partial charge in [0.1, 0.15) is 5.82 Å². The number of ketones is 1. The maximum Gasteiger partial charge on any atom is 0.238 e. The molecule has 4 rings (SSSR count). The summed E-state index contributed by atoms with van der Waals surface area (Å²) in [4.78, 5) is 16.4. The van der Waals surface area contributed by atoms with Gasteiger partial charge in [0.15, 0.2) is 5.67 Å². The fourth-order valence-electron chi connectivity index (χ4n) is 3.03. The second-order valence-electron chi connectivity index (χ2n) is 6.10. The van der Waals surface area contributed by atoms with Crippen molar-refractivity contribution in [3.8, 4) is 0 Å². The SMILES string of the molecule is C[C@H]1C[C@@H](c2ccccc2)n2nc(C(=O)C3(F)CC3)nc21. The first-order valence-electron chi connectivity index (χ1n) is 7.33. The van der Waals surface area contributed by atoms with Crippen molar-refractivity contribution in [3.63, 3.8) is 0 Å². The summed E-state index contributed by atoms with van der Waals surface area (Å²) in [5.41, 5.74) is -0.554. The van der Waals surface area contributed by atoms with Crippen LogP contribution >= 0.6 is 0 Å². The fourth-order valence-corrected chi connectivity index (χ4v) is 3.03. The minimum atomic E-state index is -1.70. The summed E-state index contributed by atoms with van der Waals surface area (Å²) in [6.07, 6.45) is 1.51. The Kier molecular flexibility index (Phi) is 2.55. The maximum absolute atomic E-state index is 13.9. The molecule has 1 aromatic carbocycles. The van der Waals surface area contributed by atoms with Crippen LogP contribution in [0.25, 0.3) is 0 Å². The van der Waals surface area contributed by atoms with Crippen molar-refractivity contribution in [2.24, 2.45) is 0 Å². The quantitative estimate of drug-likeness (QED) is 0.814. The molecule has 1 fully saturated rings. The van der Waals surface area contributed by atoms with E-state index in [1.54, 1.807) is 4.68 Å². The molecule has 0 bridgehead atoms. The highest BCUT2D eigenvalue weighted by Gasteiger charge is 2.53. The number of Topliss-reactive ketones (excluding diaryl/α,β-unsaturated/α-hetero) is 1. The van der Waals surface area contributed by atoms with Crippen molar-refractivity contribution in [2.45, 2.75) is 43.8 Å². The topological polar surface area (TPSA) is 47.8 Å². The molecule has 2 aromatic rings. The largest absolute Gasteiger partial charge is 0.287 e. The molecule has 0 N–H and O–H groups in total. The van der Waals surface area contributed by atoms with Crippen LogP contribution in [-0.2, 0) is 0 Å². The molecule has 1 aliphatic carbocycles.